The van der Waals surface area contributed by atoms with E-state index in [9.17, 15) is 13.6 Å². The number of hydrogen-bond acceptors (Lipinski definition) is 6. The van der Waals surface area contributed by atoms with Crippen molar-refractivity contribution in [3.63, 3.8) is 0 Å². The Morgan fingerprint density at radius 2 is 2.13 bits per heavy atom. The zero-order chi connectivity index (χ0) is 16.2. The molecule has 3 heterocycles. The fourth-order valence-electron chi connectivity index (χ4n) is 2.78. The van der Waals surface area contributed by atoms with Gasteiger partial charge in [0.2, 0.25) is 0 Å². The van der Waals surface area contributed by atoms with Gasteiger partial charge in [0, 0.05) is 19.2 Å². The zero-order valence-electron chi connectivity index (χ0n) is 12.4. The first-order valence-corrected chi connectivity index (χ1v) is 7.45. The number of halogens is 2. The summed E-state index contributed by atoms with van der Waals surface area (Å²) in [6, 6.07) is 0.914. The SMILES string of the molecule is O=c1cc(C(F)F)ncn1CC1CCN(Cc2cnon2)CC1. The summed E-state index contributed by atoms with van der Waals surface area (Å²) in [7, 11) is 0. The van der Waals surface area contributed by atoms with Crippen molar-refractivity contribution in [2.75, 3.05) is 13.1 Å². The van der Waals surface area contributed by atoms with Gasteiger partial charge in [-0.1, -0.05) is 10.3 Å². The van der Waals surface area contributed by atoms with Crippen molar-refractivity contribution in [3.05, 3.63) is 40.3 Å². The third-order valence-electron chi connectivity index (χ3n) is 4.08. The Labute approximate surface area is 130 Å². The highest BCUT2D eigenvalue weighted by Gasteiger charge is 2.21. The van der Waals surface area contributed by atoms with E-state index in [4.69, 9.17) is 0 Å². The van der Waals surface area contributed by atoms with E-state index >= 15 is 0 Å². The summed E-state index contributed by atoms with van der Waals surface area (Å²) in [5.41, 5.74) is -0.0971. The van der Waals surface area contributed by atoms with E-state index < -0.39 is 17.7 Å². The average Bonchev–Trinajstić information content (AvgIpc) is 3.04. The van der Waals surface area contributed by atoms with Crippen LogP contribution >= 0.6 is 0 Å². The first kappa shape index (κ1) is 15.7. The van der Waals surface area contributed by atoms with Crippen molar-refractivity contribution in [3.8, 4) is 0 Å². The highest BCUT2D eigenvalue weighted by molar-refractivity contribution is 5.01. The maximum atomic E-state index is 12.5. The van der Waals surface area contributed by atoms with Crippen LogP contribution in [0, 0.1) is 5.92 Å². The van der Waals surface area contributed by atoms with E-state index in [2.05, 4.69) is 24.8 Å². The molecule has 0 aliphatic carbocycles. The molecule has 0 radical (unpaired) electrons. The molecule has 0 aromatic carbocycles. The Morgan fingerprint density at radius 1 is 1.35 bits per heavy atom. The fraction of sp³-hybridized carbons (Fsp3) is 0.571. The molecule has 1 aliphatic heterocycles. The largest absolute Gasteiger partial charge is 0.299 e. The molecule has 0 amide bonds. The molecule has 1 fully saturated rings. The highest BCUT2D eigenvalue weighted by atomic mass is 19.3. The van der Waals surface area contributed by atoms with E-state index in [0.717, 1.165) is 37.7 Å². The lowest BCUT2D eigenvalue weighted by atomic mass is 9.96. The standard InChI is InChI=1S/C14H17F2N5O2/c15-14(16)12-5-13(22)21(9-17-12)7-10-1-3-20(4-2-10)8-11-6-18-23-19-11/h5-6,9-10,14H,1-4,7-8H2. The molecule has 2 aromatic heterocycles. The Kier molecular flexibility index (Phi) is 4.75. The smallest absolute Gasteiger partial charge is 0.280 e. The molecule has 1 aliphatic rings. The minimum atomic E-state index is -2.72. The molecule has 0 atom stereocenters. The van der Waals surface area contributed by atoms with Crippen LogP contribution in [0.1, 0.15) is 30.7 Å². The molecule has 23 heavy (non-hydrogen) atoms. The maximum absolute atomic E-state index is 12.5. The molecule has 9 heteroatoms. The quantitative estimate of drug-likeness (QED) is 0.828. The van der Waals surface area contributed by atoms with Crippen LogP contribution in [0.15, 0.2) is 28.0 Å². The fourth-order valence-corrected chi connectivity index (χ4v) is 2.78. The molecule has 0 N–H and O–H groups in total. The lowest BCUT2D eigenvalue weighted by molar-refractivity contribution is 0.144. The van der Waals surface area contributed by atoms with Gasteiger partial charge in [0.25, 0.3) is 12.0 Å². The topological polar surface area (TPSA) is 77.0 Å². The molecule has 7 nitrogen and oxygen atoms in total. The predicted octanol–water partition coefficient (Wildman–Crippen LogP) is 1.48. The normalized spacial score (nSPS) is 17.0. The second kappa shape index (κ2) is 6.95. The van der Waals surface area contributed by atoms with Crippen LogP contribution in [0.5, 0.6) is 0 Å². The Bertz CT molecular complexity index is 681. The van der Waals surface area contributed by atoms with Crippen molar-refractivity contribution in [2.45, 2.75) is 32.4 Å². The third-order valence-corrected chi connectivity index (χ3v) is 4.08. The second-order valence-electron chi connectivity index (χ2n) is 5.72. The van der Waals surface area contributed by atoms with Gasteiger partial charge in [0.05, 0.1) is 12.5 Å². The van der Waals surface area contributed by atoms with Gasteiger partial charge in [-0.2, -0.15) is 0 Å². The molecular weight excluding hydrogens is 308 g/mol. The van der Waals surface area contributed by atoms with E-state index in [-0.39, 0.29) is 0 Å². The highest BCUT2D eigenvalue weighted by Crippen LogP contribution is 2.20. The summed E-state index contributed by atoms with van der Waals surface area (Å²) < 4.78 is 31.0. The first-order valence-electron chi connectivity index (χ1n) is 7.45. The first-order chi connectivity index (χ1) is 11.1. The van der Waals surface area contributed by atoms with Crippen molar-refractivity contribution in [2.24, 2.45) is 5.92 Å². The minimum absolute atomic E-state index is 0.332. The molecule has 1 saturated heterocycles. The molecular formula is C14H17F2N5O2. The van der Waals surface area contributed by atoms with E-state index in [0.29, 0.717) is 19.0 Å². The Hall–Kier alpha value is -2.16. The number of hydrogen-bond donors (Lipinski definition) is 0. The van der Waals surface area contributed by atoms with Crippen molar-refractivity contribution in [1.29, 1.82) is 0 Å². The summed E-state index contributed by atoms with van der Waals surface area (Å²) in [6.07, 6.45) is 1.95. The van der Waals surface area contributed by atoms with Gasteiger partial charge in [-0.05, 0) is 31.8 Å². The van der Waals surface area contributed by atoms with Crippen LogP contribution in [0.2, 0.25) is 0 Å². The summed E-state index contributed by atoms with van der Waals surface area (Å²) in [5.74, 6) is 0.332. The summed E-state index contributed by atoms with van der Waals surface area (Å²) in [5, 5.41) is 7.36. The summed E-state index contributed by atoms with van der Waals surface area (Å²) in [6.45, 7) is 2.97. The molecule has 124 valence electrons. The average molecular weight is 325 g/mol. The Balaban J connectivity index is 1.53. The Morgan fingerprint density at radius 3 is 2.74 bits per heavy atom. The van der Waals surface area contributed by atoms with Crippen LogP contribution in [0.25, 0.3) is 0 Å². The van der Waals surface area contributed by atoms with E-state index in [1.165, 1.54) is 10.9 Å². The molecule has 0 unspecified atom stereocenters. The van der Waals surface area contributed by atoms with E-state index in [1.54, 1.807) is 6.20 Å². The minimum Gasteiger partial charge on any atom is -0.299 e. The number of aromatic nitrogens is 4. The number of rotatable bonds is 5. The van der Waals surface area contributed by atoms with Crippen LogP contribution in [0.4, 0.5) is 8.78 Å². The number of likely N-dealkylation sites (tertiary alicyclic amines) is 1. The lowest BCUT2D eigenvalue weighted by Gasteiger charge is -2.31. The van der Waals surface area contributed by atoms with Gasteiger partial charge in [-0.25, -0.2) is 18.4 Å². The van der Waals surface area contributed by atoms with Crippen molar-refractivity contribution in [1.82, 2.24) is 24.8 Å². The molecule has 2 aromatic rings. The van der Waals surface area contributed by atoms with Crippen molar-refractivity contribution < 1.29 is 13.4 Å². The van der Waals surface area contributed by atoms with Gasteiger partial charge in [0.15, 0.2) is 0 Å². The maximum Gasteiger partial charge on any atom is 0.280 e. The molecule has 0 bridgehead atoms. The van der Waals surface area contributed by atoms with Crippen LogP contribution in [-0.4, -0.2) is 37.9 Å². The monoisotopic (exact) mass is 325 g/mol. The molecule has 3 rings (SSSR count). The molecule has 0 spiro atoms. The van der Waals surface area contributed by atoms with Crippen LogP contribution in [-0.2, 0) is 13.1 Å². The number of alkyl halides is 2. The van der Waals surface area contributed by atoms with Gasteiger partial charge in [0.1, 0.15) is 11.4 Å². The molecule has 0 saturated carbocycles. The predicted molar refractivity (Wildman–Crippen MR) is 75.8 cm³/mol. The third kappa shape index (κ3) is 3.98. The van der Waals surface area contributed by atoms with Crippen LogP contribution < -0.4 is 5.56 Å². The van der Waals surface area contributed by atoms with Crippen LogP contribution in [0.3, 0.4) is 0 Å². The summed E-state index contributed by atoms with van der Waals surface area (Å²) >= 11 is 0. The van der Waals surface area contributed by atoms with Gasteiger partial charge in [-0.15, -0.1) is 0 Å². The number of nitrogens with zero attached hydrogens (tertiary/aromatic N) is 5. The van der Waals surface area contributed by atoms with Gasteiger partial charge in [-0.3, -0.25) is 14.3 Å². The van der Waals surface area contributed by atoms with Gasteiger partial charge >= 0.3 is 0 Å². The lowest BCUT2D eigenvalue weighted by Crippen LogP contribution is -2.36. The zero-order valence-corrected chi connectivity index (χ0v) is 12.4. The number of piperidine rings is 1. The van der Waals surface area contributed by atoms with Crippen molar-refractivity contribution >= 4 is 0 Å². The second-order valence-corrected chi connectivity index (χ2v) is 5.72. The summed E-state index contributed by atoms with van der Waals surface area (Å²) in [4.78, 5) is 17.7. The van der Waals surface area contributed by atoms with E-state index in [1.807, 2.05) is 0 Å². The van der Waals surface area contributed by atoms with Gasteiger partial charge < -0.3 is 0 Å².